The standard InChI is InChI=1S/C18H19ClF2N6OS/c1-11(28)9-29-17-22-15(26-7-6-18(20,21)10-26)14-16(23-17)27(25-24-14)8-12-4-2-3-5-13(12)19/h2-5,11,28H,6-10H2,1H3. The minimum Gasteiger partial charge on any atom is -0.393 e. The van der Waals surface area contributed by atoms with Gasteiger partial charge in [0.1, 0.15) is 0 Å². The fraction of sp³-hybridized carbons (Fsp3) is 0.444. The molecule has 1 aliphatic heterocycles. The Bertz CT molecular complexity index is 1030. The van der Waals surface area contributed by atoms with Gasteiger partial charge in [-0.2, -0.15) is 0 Å². The molecule has 0 amide bonds. The molecule has 7 nitrogen and oxygen atoms in total. The number of aliphatic hydroxyl groups is 1. The van der Waals surface area contributed by atoms with E-state index in [9.17, 15) is 13.9 Å². The number of halogens is 3. The first-order valence-corrected chi connectivity index (χ1v) is 10.5. The van der Waals surface area contributed by atoms with Crippen molar-refractivity contribution < 1.29 is 13.9 Å². The molecule has 29 heavy (non-hydrogen) atoms. The molecule has 1 fully saturated rings. The maximum Gasteiger partial charge on any atom is 0.266 e. The van der Waals surface area contributed by atoms with E-state index in [2.05, 4.69) is 20.3 Å². The van der Waals surface area contributed by atoms with Gasteiger partial charge in [-0.15, -0.1) is 5.10 Å². The lowest BCUT2D eigenvalue weighted by Gasteiger charge is -2.18. The van der Waals surface area contributed by atoms with Gasteiger partial charge in [-0.3, -0.25) is 0 Å². The summed E-state index contributed by atoms with van der Waals surface area (Å²) in [5, 5.41) is 18.9. The number of hydrogen-bond donors (Lipinski definition) is 1. The molecule has 0 saturated carbocycles. The van der Waals surface area contributed by atoms with Crippen LogP contribution in [0.1, 0.15) is 18.9 Å². The molecule has 1 atom stereocenters. The lowest BCUT2D eigenvalue weighted by atomic mass is 10.2. The largest absolute Gasteiger partial charge is 0.393 e. The average molecular weight is 441 g/mol. The van der Waals surface area contributed by atoms with Crippen molar-refractivity contribution in [1.82, 2.24) is 25.0 Å². The van der Waals surface area contributed by atoms with Crippen LogP contribution in [0.25, 0.3) is 11.2 Å². The third-order valence-corrected chi connectivity index (χ3v) is 5.98. The van der Waals surface area contributed by atoms with Crippen molar-refractivity contribution in [3.05, 3.63) is 34.9 Å². The Kier molecular flexibility index (Phi) is 5.58. The summed E-state index contributed by atoms with van der Waals surface area (Å²) in [6, 6.07) is 7.37. The number of hydrogen-bond acceptors (Lipinski definition) is 7. The van der Waals surface area contributed by atoms with Crippen molar-refractivity contribution in [3.63, 3.8) is 0 Å². The van der Waals surface area contributed by atoms with E-state index in [0.717, 1.165) is 5.56 Å². The van der Waals surface area contributed by atoms with Crippen LogP contribution in [0.3, 0.4) is 0 Å². The third kappa shape index (κ3) is 4.44. The summed E-state index contributed by atoms with van der Waals surface area (Å²) in [7, 11) is 0. The number of rotatable bonds is 6. The highest BCUT2D eigenvalue weighted by atomic mass is 35.5. The van der Waals surface area contributed by atoms with Crippen molar-refractivity contribution in [3.8, 4) is 0 Å². The number of benzene rings is 1. The number of fused-ring (bicyclic) bond motifs is 1. The van der Waals surface area contributed by atoms with Crippen LogP contribution in [0, 0.1) is 0 Å². The molecule has 1 aliphatic rings. The van der Waals surface area contributed by atoms with E-state index < -0.39 is 18.6 Å². The molecule has 1 N–H and O–H groups in total. The van der Waals surface area contributed by atoms with Gasteiger partial charge in [0.15, 0.2) is 22.1 Å². The van der Waals surface area contributed by atoms with E-state index in [1.807, 2.05) is 18.2 Å². The van der Waals surface area contributed by atoms with Crippen LogP contribution in [-0.4, -0.2) is 60.9 Å². The van der Waals surface area contributed by atoms with E-state index >= 15 is 0 Å². The number of aromatic nitrogens is 5. The van der Waals surface area contributed by atoms with Crippen LogP contribution in [0.2, 0.25) is 5.02 Å². The molecule has 0 spiro atoms. The van der Waals surface area contributed by atoms with Gasteiger partial charge in [0.25, 0.3) is 5.92 Å². The first-order valence-electron chi connectivity index (χ1n) is 9.11. The van der Waals surface area contributed by atoms with Crippen LogP contribution < -0.4 is 4.90 Å². The number of nitrogens with zero attached hydrogens (tertiary/aromatic N) is 6. The summed E-state index contributed by atoms with van der Waals surface area (Å²) in [4.78, 5) is 10.5. The number of alkyl halides is 2. The van der Waals surface area contributed by atoms with Gasteiger partial charge in [-0.25, -0.2) is 23.4 Å². The van der Waals surface area contributed by atoms with E-state index in [-0.39, 0.29) is 13.0 Å². The maximum atomic E-state index is 13.8. The number of anilines is 1. The molecule has 154 valence electrons. The highest BCUT2D eigenvalue weighted by molar-refractivity contribution is 7.99. The van der Waals surface area contributed by atoms with Crippen LogP contribution in [0.4, 0.5) is 14.6 Å². The zero-order chi connectivity index (χ0) is 20.6. The second-order valence-electron chi connectivity index (χ2n) is 7.03. The Hall–Kier alpha value is -2.04. The van der Waals surface area contributed by atoms with Crippen LogP contribution in [0.15, 0.2) is 29.4 Å². The van der Waals surface area contributed by atoms with Crippen molar-refractivity contribution in [2.75, 3.05) is 23.7 Å². The van der Waals surface area contributed by atoms with Gasteiger partial charge in [0.05, 0.1) is 19.2 Å². The van der Waals surface area contributed by atoms with Gasteiger partial charge < -0.3 is 10.0 Å². The Morgan fingerprint density at radius 3 is 2.79 bits per heavy atom. The fourth-order valence-electron chi connectivity index (χ4n) is 3.11. The molecular weight excluding hydrogens is 422 g/mol. The predicted molar refractivity (Wildman–Crippen MR) is 108 cm³/mol. The molecule has 2 aromatic heterocycles. The summed E-state index contributed by atoms with van der Waals surface area (Å²) in [5.41, 5.74) is 1.65. The Morgan fingerprint density at radius 1 is 1.31 bits per heavy atom. The predicted octanol–water partition coefficient (Wildman–Crippen LogP) is 3.24. The molecule has 1 aromatic carbocycles. The first-order chi connectivity index (χ1) is 13.8. The summed E-state index contributed by atoms with van der Waals surface area (Å²) in [6.45, 7) is 1.76. The van der Waals surface area contributed by atoms with E-state index in [4.69, 9.17) is 11.6 Å². The monoisotopic (exact) mass is 440 g/mol. The zero-order valence-corrected chi connectivity index (χ0v) is 17.2. The molecular formula is C18H19ClF2N6OS. The van der Waals surface area contributed by atoms with Gasteiger partial charge in [0, 0.05) is 23.7 Å². The van der Waals surface area contributed by atoms with Crippen molar-refractivity contribution in [1.29, 1.82) is 0 Å². The molecule has 1 unspecified atom stereocenters. The summed E-state index contributed by atoms with van der Waals surface area (Å²) >= 11 is 7.51. The maximum absolute atomic E-state index is 13.8. The Labute approximate surface area is 175 Å². The highest BCUT2D eigenvalue weighted by Gasteiger charge is 2.40. The first kappa shape index (κ1) is 20.2. The van der Waals surface area contributed by atoms with Crippen LogP contribution in [-0.2, 0) is 6.54 Å². The normalized spacial score (nSPS) is 17.2. The molecule has 0 bridgehead atoms. The van der Waals surface area contributed by atoms with Crippen LogP contribution in [0.5, 0.6) is 0 Å². The summed E-state index contributed by atoms with van der Waals surface area (Å²) < 4.78 is 29.2. The second kappa shape index (κ2) is 8.00. The molecule has 11 heteroatoms. The van der Waals surface area contributed by atoms with Gasteiger partial charge in [-0.05, 0) is 18.6 Å². The van der Waals surface area contributed by atoms with Crippen LogP contribution >= 0.6 is 23.4 Å². The smallest absolute Gasteiger partial charge is 0.266 e. The lowest BCUT2D eigenvalue weighted by molar-refractivity contribution is 0.0257. The van der Waals surface area contributed by atoms with Crippen molar-refractivity contribution in [2.45, 2.75) is 37.1 Å². The quantitative estimate of drug-likeness (QED) is 0.465. The lowest BCUT2D eigenvalue weighted by Crippen LogP contribution is -2.26. The summed E-state index contributed by atoms with van der Waals surface area (Å²) in [6.07, 6.45) is -0.785. The molecule has 4 rings (SSSR count). The second-order valence-corrected chi connectivity index (χ2v) is 8.42. The van der Waals surface area contributed by atoms with E-state index in [1.165, 1.54) is 16.7 Å². The van der Waals surface area contributed by atoms with Gasteiger partial charge in [-0.1, -0.05) is 46.8 Å². The summed E-state index contributed by atoms with van der Waals surface area (Å²) in [5.74, 6) is -2.05. The molecule has 1 saturated heterocycles. The topological polar surface area (TPSA) is 80.0 Å². The number of aliphatic hydroxyl groups excluding tert-OH is 1. The molecule has 0 aliphatic carbocycles. The third-order valence-electron chi connectivity index (χ3n) is 4.52. The average Bonchev–Trinajstić information content (AvgIpc) is 3.24. The molecule has 0 radical (unpaired) electrons. The number of thioether (sulfide) groups is 1. The Balaban J connectivity index is 1.75. The van der Waals surface area contributed by atoms with E-state index in [1.54, 1.807) is 17.7 Å². The zero-order valence-electron chi connectivity index (χ0n) is 15.6. The SMILES string of the molecule is CC(O)CSc1nc(N2CCC(F)(F)C2)c2nnn(Cc3ccccc3Cl)c2n1. The van der Waals surface area contributed by atoms with E-state index in [0.29, 0.717) is 39.5 Å². The minimum atomic E-state index is -2.77. The van der Waals surface area contributed by atoms with Crippen molar-refractivity contribution >= 4 is 40.3 Å². The van der Waals surface area contributed by atoms with Gasteiger partial charge >= 0.3 is 0 Å². The Morgan fingerprint density at radius 2 is 2.10 bits per heavy atom. The molecule has 3 aromatic rings. The highest BCUT2D eigenvalue weighted by Crippen LogP contribution is 2.34. The fourth-order valence-corrected chi connectivity index (χ4v) is 4.00. The molecule has 3 heterocycles. The minimum absolute atomic E-state index is 0.178. The van der Waals surface area contributed by atoms with Gasteiger partial charge in [0.2, 0.25) is 0 Å². The van der Waals surface area contributed by atoms with Crippen molar-refractivity contribution in [2.24, 2.45) is 0 Å².